The van der Waals surface area contributed by atoms with Gasteiger partial charge in [-0.1, -0.05) is 50.3 Å². The van der Waals surface area contributed by atoms with Crippen LogP contribution in [0.4, 0.5) is 16.2 Å². The van der Waals surface area contributed by atoms with E-state index in [1.165, 1.54) is 7.11 Å². The van der Waals surface area contributed by atoms with Gasteiger partial charge in [-0.3, -0.25) is 14.0 Å². The number of fused-ring (bicyclic) bond motifs is 3. The average molecular weight is 693 g/mol. The average Bonchev–Trinajstić information content (AvgIpc) is 3.59. The molecule has 2 aromatic heterocycles. The van der Waals surface area contributed by atoms with Gasteiger partial charge in [0, 0.05) is 37.8 Å². The molecule has 0 radical (unpaired) electrons. The van der Waals surface area contributed by atoms with Crippen molar-refractivity contribution in [3.63, 3.8) is 0 Å². The molecule has 0 bridgehead atoms. The molecule has 0 unspecified atom stereocenters. The fraction of sp³-hybridized carbons (Fsp3) is 0.353. The van der Waals surface area contributed by atoms with Crippen molar-refractivity contribution in [3.8, 4) is 17.2 Å². The minimum absolute atomic E-state index is 0.178. The highest BCUT2D eigenvalue weighted by molar-refractivity contribution is 7.92. The van der Waals surface area contributed by atoms with E-state index in [0.717, 1.165) is 71.1 Å². The third kappa shape index (κ3) is 7.67. The monoisotopic (exact) mass is 692 g/mol. The number of morpholine rings is 1. The van der Waals surface area contributed by atoms with E-state index in [-0.39, 0.29) is 23.4 Å². The summed E-state index contributed by atoms with van der Waals surface area (Å²) in [4.78, 5) is 21.1. The summed E-state index contributed by atoms with van der Waals surface area (Å²) >= 11 is 1.61. The van der Waals surface area contributed by atoms with Gasteiger partial charge in [-0.25, -0.2) is 18.2 Å². The molecule has 0 aliphatic carbocycles. The number of nitrogens with zero attached hydrogens (tertiary/aromatic N) is 3. The Morgan fingerprint density at radius 3 is 2.54 bits per heavy atom. The van der Waals surface area contributed by atoms with E-state index in [2.05, 4.69) is 35.7 Å². The molecule has 1 aliphatic rings. The van der Waals surface area contributed by atoms with E-state index in [1.807, 2.05) is 63.4 Å². The van der Waals surface area contributed by atoms with E-state index in [9.17, 15) is 13.2 Å². The van der Waals surface area contributed by atoms with Crippen molar-refractivity contribution in [1.82, 2.24) is 19.6 Å². The van der Waals surface area contributed by atoms with Gasteiger partial charge in [0.15, 0.2) is 10.7 Å². The number of carbonyl (C=O) groups is 1. The van der Waals surface area contributed by atoms with Gasteiger partial charge in [0.1, 0.15) is 11.5 Å². The first-order chi connectivity index (χ1) is 22.9. The summed E-state index contributed by atoms with van der Waals surface area (Å²) in [5.41, 5.74) is 4.06. The lowest BCUT2D eigenvalue weighted by atomic mass is 9.86. The van der Waals surface area contributed by atoms with E-state index in [0.29, 0.717) is 17.2 Å². The summed E-state index contributed by atoms with van der Waals surface area (Å²) in [5, 5.41) is 5.72. The maximum Gasteiger partial charge on any atom is 0.319 e. The molecule has 1 aliphatic heterocycles. The standard InChI is InChI=1S/C34H40N6O6S2/c1-34(2,3)23-16-26(31(44-4)27(17-23)38-48(5,42)43)37-32(41)35-19-22-8-6-7-9-29(22)46-25-10-11-28-30(18-25)47-33-36-20-24(40(28)33)21-39-12-14-45-15-13-39/h6-11,16-18,20,38H,12-15,19,21H2,1-5H3,(H2,35,37,41). The Balaban J connectivity index is 1.17. The summed E-state index contributed by atoms with van der Waals surface area (Å²) in [6.45, 7) is 10.3. The SMILES string of the molecule is COc1c(NC(=O)NCc2ccccc2Oc2ccc3c(c2)sc2ncc(CN4CCOCC4)n23)cc(C(C)(C)C)cc1NS(C)(=O)=O. The molecule has 3 N–H and O–H groups in total. The lowest BCUT2D eigenvalue weighted by molar-refractivity contribution is 0.0336. The van der Waals surface area contributed by atoms with Crippen molar-refractivity contribution < 1.29 is 27.4 Å². The molecule has 14 heteroatoms. The number of methoxy groups -OCH3 is 1. The van der Waals surface area contributed by atoms with E-state index < -0.39 is 16.1 Å². The van der Waals surface area contributed by atoms with Crippen LogP contribution in [0.3, 0.4) is 0 Å². The van der Waals surface area contributed by atoms with Gasteiger partial charge in [0.05, 0.1) is 60.1 Å². The Bertz CT molecular complexity index is 2060. The second-order valence-corrected chi connectivity index (χ2v) is 15.5. The van der Waals surface area contributed by atoms with Gasteiger partial charge >= 0.3 is 6.03 Å². The Labute approximate surface area is 284 Å². The predicted molar refractivity (Wildman–Crippen MR) is 189 cm³/mol. The molecule has 3 heterocycles. The maximum atomic E-state index is 13.2. The second-order valence-electron chi connectivity index (χ2n) is 12.7. The molecule has 0 spiro atoms. The molecule has 1 fully saturated rings. The maximum absolute atomic E-state index is 13.2. The Morgan fingerprint density at radius 1 is 1.06 bits per heavy atom. The second kappa shape index (κ2) is 13.6. The highest BCUT2D eigenvalue weighted by atomic mass is 32.2. The molecule has 3 aromatic carbocycles. The van der Waals surface area contributed by atoms with Crippen LogP contribution >= 0.6 is 11.3 Å². The number of nitrogens with one attached hydrogen (secondary N) is 3. The lowest BCUT2D eigenvalue weighted by Gasteiger charge is -2.26. The van der Waals surface area contributed by atoms with Crippen LogP contribution in [0.1, 0.15) is 37.6 Å². The predicted octanol–water partition coefficient (Wildman–Crippen LogP) is 6.17. The quantitative estimate of drug-likeness (QED) is 0.158. The number of hydrogen-bond acceptors (Lipinski definition) is 9. The lowest BCUT2D eigenvalue weighted by Crippen LogP contribution is -2.35. The van der Waals surface area contributed by atoms with Crippen LogP contribution in [0.5, 0.6) is 17.2 Å². The van der Waals surface area contributed by atoms with E-state index in [4.69, 9.17) is 14.2 Å². The number of amides is 2. The number of rotatable bonds is 10. The summed E-state index contributed by atoms with van der Waals surface area (Å²) in [6.07, 6.45) is 3.02. The third-order valence-corrected chi connectivity index (χ3v) is 9.62. The minimum Gasteiger partial charge on any atom is -0.492 e. The van der Waals surface area contributed by atoms with Gasteiger partial charge in [-0.2, -0.15) is 0 Å². The summed E-state index contributed by atoms with van der Waals surface area (Å²) < 4.78 is 47.3. The number of urea groups is 1. The van der Waals surface area contributed by atoms with Crippen LogP contribution < -0.4 is 24.8 Å². The Kier molecular flexibility index (Phi) is 9.52. The zero-order chi connectivity index (χ0) is 34.1. The van der Waals surface area contributed by atoms with Crippen molar-refractivity contribution in [3.05, 3.63) is 77.6 Å². The largest absolute Gasteiger partial charge is 0.492 e. The molecule has 12 nitrogen and oxygen atoms in total. The van der Waals surface area contributed by atoms with Gasteiger partial charge < -0.3 is 24.8 Å². The summed E-state index contributed by atoms with van der Waals surface area (Å²) in [7, 11) is -2.18. The fourth-order valence-corrected chi connectivity index (χ4v) is 7.19. The van der Waals surface area contributed by atoms with Crippen LogP contribution in [0.25, 0.3) is 15.2 Å². The van der Waals surface area contributed by atoms with Crippen molar-refractivity contribution in [2.24, 2.45) is 0 Å². The number of ether oxygens (including phenoxy) is 3. The number of thiazole rings is 1. The van der Waals surface area contributed by atoms with Crippen molar-refractivity contribution >= 4 is 53.9 Å². The molecule has 5 aromatic rings. The third-order valence-electron chi connectivity index (χ3n) is 8.01. The van der Waals surface area contributed by atoms with Crippen molar-refractivity contribution in [1.29, 1.82) is 0 Å². The number of benzene rings is 3. The van der Waals surface area contributed by atoms with Gasteiger partial charge in [0.2, 0.25) is 10.0 Å². The topological polar surface area (TPSA) is 136 Å². The zero-order valence-corrected chi connectivity index (χ0v) is 29.3. The number of hydrogen-bond donors (Lipinski definition) is 3. The van der Waals surface area contributed by atoms with Crippen LogP contribution in [0.15, 0.2) is 60.8 Å². The van der Waals surface area contributed by atoms with Crippen LogP contribution in [-0.2, 0) is 33.3 Å². The number of imidazole rings is 1. The van der Waals surface area contributed by atoms with Crippen LogP contribution in [0, 0.1) is 0 Å². The highest BCUT2D eigenvalue weighted by Crippen LogP contribution is 2.39. The molecular formula is C34H40N6O6S2. The number of aromatic nitrogens is 2. The van der Waals surface area contributed by atoms with Crippen LogP contribution in [-0.4, -0.2) is 68.4 Å². The van der Waals surface area contributed by atoms with E-state index >= 15 is 0 Å². The number of sulfonamides is 1. The highest BCUT2D eigenvalue weighted by Gasteiger charge is 2.23. The Morgan fingerprint density at radius 2 is 1.81 bits per heavy atom. The smallest absolute Gasteiger partial charge is 0.319 e. The molecule has 0 saturated carbocycles. The summed E-state index contributed by atoms with van der Waals surface area (Å²) in [6, 6.07) is 16.5. The molecule has 0 atom stereocenters. The summed E-state index contributed by atoms with van der Waals surface area (Å²) in [5.74, 6) is 1.49. The molecular weight excluding hydrogens is 653 g/mol. The van der Waals surface area contributed by atoms with Gasteiger partial charge in [-0.05, 0) is 41.3 Å². The van der Waals surface area contributed by atoms with Gasteiger partial charge in [-0.15, -0.1) is 0 Å². The Hall–Kier alpha value is -4.37. The normalized spacial score (nSPS) is 14.3. The first-order valence-electron chi connectivity index (χ1n) is 15.6. The zero-order valence-electron chi connectivity index (χ0n) is 27.6. The molecule has 1 saturated heterocycles. The fourth-order valence-electron chi connectivity index (χ4n) is 5.59. The minimum atomic E-state index is -3.60. The molecule has 6 rings (SSSR count). The first kappa shape index (κ1) is 33.5. The molecule has 48 heavy (non-hydrogen) atoms. The number of carbonyl (C=O) groups excluding carboxylic acids is 1. The number of anilines is 2. The van der Waals surface area contributed by atoms with Gasteiger partial charge in [0.25, 0.3) is 0 Å². The molecule has 2 amide bonds. The van der Waals surface area contributed by atoms with E-state index in [1.54, 1.807) is 23.5 Å². The van der Waals surface area contributed by atoms with Crippen LogP contribution in [0.2, 0.25) is 0 Å². The van der Waals surface area contributed by atoms with Crippen molar-refractivity contribution in [2.75, 3.05) is 49.7 Å². The number of para-hydroxylation sites is 1. The van der Waals surface area contributed by atoms with Crippen molar-refractivity contribution in [2.45, 2.75) is 39.3 Å². The molecule has 254 valence electrons. The first-order valence-corrected chi connectivity index (χ1v) is 18.3.